The molecule has 0 N–H and O–H groups in total. The van der Waals surface area contributed by atoms with Gasteiger partial charge in [-0.1, -0.05) is 48.0 Å². The van der Waals surface area contributed by atoms with Gasteiger partial charge in [0, 0.05) is 25.7 Å². The Morgan fingerprint density at radius 3 is 2.76 bits per heavy atom. The third-order valence-corrected chi connectivity index (χ3v) is 5.50. The van der Waals surface area contributed by atoms with Crippen molar-refractivity contribution in [1.29, 1.82) is 0 Å². The molecule has 2 aromatic carbocycles. The first-order valence-electron chi connectivity index (χ1n) is 10.7. The number of hydrogen-bond donors (Lipinski definition) is 0. The number of aryl methyl sites for hydroxylation is 1. The zero-order chi connectivity index (χ0) is 19.9. The number of rotatable bonds is 2. The van der Waals surface area contributed by atoms with Gasteiger partial charge in [0.2, 0.25) is 0 Å². The lowest BCUT2D eigenvalue weighted by atomic mass is 10.00. The molecule has 0 aliphatic carbocycles. The summed E-state index contributed by atoms with van der Waals surface area (Å²) in [6.07, 6.45) is 6.24. The summed E-state index contributed by atoms with van der Waals surface area (Å²) in [6.45, 7) is 5.87. The van der Waals surface area contributed by atoms with Crippen LogP contribution in [0.25, 0.3) is 0 Å². The lowest BCUT2D eigenvalue weighted by molar-refractivity contribution is 0.241. The molecule has 0 spiro atoms. The molecule has 4 rings (SSSR count). The third kappa shape index (κ3) is 5.68. The van der Waals surface area contributed by atoms with Crippen LogP contribution in [0.5, 0.6) is 5.75 Å². The van der Waals surface area contributed by atoms with Crippen LogP contribution in [-0.2, 0) is 19.5 Å². The lowest BCUT2D eigenvalue weighted by Crippen LogP contribution is -2.24. The Kier molecular flexibility index (Phi) is 6.58. The average molecular weight is 387 g/mol. The van der Waals surface area contributed by atoms with Gasteiger partial charge in [-0.05, 0) is 67.6 Å². The monoisotopic (exact) mass is 386 g/mol. The highest BCUT2D eigenvalue weighted by Crippen LogP contribution is 2.25. The highest BCUT2D eigenvalue weighted by Gasteiger charge is 2.11. The Morgan fingerprint density at radius 2 is 1.86 bits per heavy atom. The molecule has 0 unspecified atom stereocenters. The van der Waals surface area contributed by atoms with E-state index in [1.165, 1.54) is 35.1 Å². The quantitative estimate of drug-likeness (QED) is 0.578. The predicted molar refractivity (Wildman–Crippen MR) is 118 cm³/mol. The van der Waals surface area contributed by atoms with Crippen molar-refractivity contribution in [3.8, 4) is 5.75 Å². The fourth-order valence-electron chi connectivity index (χ4n) is 4.03. The molecule has 1 aromatic heterocycles. The van der Waals surface area contributed by atoms with Crippen LogP contribution in [0.3, 0.4) is 0 Å². The maximum Gasteiger partial charge on any atom is 0.122 e. The number of aromatic nitrogens is 1. The molecular formula is C26H30N2O. The van der Waals surface area contributed by atoms with Gasteiger partial charge in [0.05, 0.1) is 12.3 Å². The van der Waals surface area contributed by atoms with E-state index in [9.17, 15) is 0 Å². The summed E-state index contributed by atoms with van der Waals surface area (Å²) in [5, 5.41) is 0. The van der Waals surface area contributed by atoms with Crippen molar-refractivity contribution in [3.63, 3.8) is 0 Å². The summed E-state index contributed by atoms with van der Waals surface area (Å²) in [7, 11) is 0. The van der Waals surface area contributed by atoms with Crippen molar-refractivity contribution < 1.29 is 4.74 Å². The van der Waals surface area contributed by atoms with Crippen LogP contribution >= 0.6 is 0 Å². The normalized spacial score (nSPS) is 15.8. The first-order valence-corrected chi connectivity index (χ1v) is 10.7. The second-order valence-corrected chi connectivity index (χ2v) is 8.05. The van der Waals surface area contributed by atoms with Gasteiger partial charge >= 0.3 is 0 Å². The molecule has 150 valence electrons. The summed E-state index contributed by atoms with van der Waals surface area (Å²) in [4.78, 5) is 7.05. The van der Waals surface area contributed by atoms with E-state index in [-0.39, 0.29) is 0 Å². The summed E-state index contributed by atoms with van der Waals surface area (Å²) in [6, 6.07) is 21.7. The molecule has 3 nitrogen and oxygen atoms in total. The first kappa shape index (κ1) is 19.7. The summed E-state index contributed by atoms with van der Waals surface area (Å²) < 4.78 is 6.16. The Hall–Kier alpha value is -2.65. The maximum atomic E-state index is 6.16. The third-order valence-electron chi connectivity index (χ3n) is 5.50. The van der Waals surface area contributed by atoms with Crippen molar-refractivity contribution in [2.75, 3.05) is 13.2 Å². The van der Waals surface area contributed by atoms with Gasteiger partial charge < -0.3 is 4.74 Å². The molecule has 29 heavy (non-hydrogen) atoms. The highest BCUT2D eigenvalue weighted by atomic mass is 16.5. The van der Waals surface area contributed by atoms with Crippen LogP contribution in [0, 0.1) is 6.92 Å². The minimum Gasteiger partial charge on any atom is -0.493 e. The molecule has 0 fully saturated rings. The molecule has 1 aliphatic heterocycles. The molecular weight excluding hydrogens is 356 g/mol. The summed E-state index contributed by atoms with van der Waals surface area (Å²) >= 11 is 0. The van der Waals surface area contributed by atoms with E-state index in [2.05, 4.69) is 71.4 Å². The van der Waals surface area contributed by atoms with Gasteiger partial charge in [-0.2, -0.15) is 0 Å². The fourth-order valence-corrected chi connectivity index (χ4v) is 4.03. The zero-order valence-corrected chi connectivity index (χ0v) is 17.3. The molecule has 2 bridgehead atoms. The van der Waals surface area contributed by atoms with E-state index in [0.29, 0.717) is 0 Å². The van der Waals surface area contributed by atoms with Crippen molar-refractivity contribution in [2.24, 2.45) is 0 Å². The molecule has 2 heterocycles. The number of hydrogen-bond acceptors (Lipinski definition) is 3. The summed E-state index contributed by atoms with van der Waals surface area (Å²) in [5.41, 5.74) is 6.41. The number of benzene rings is 2. The second-order valence-electron chi connectivity index (χ2n) is 8.05. The number of nitrogens with zero attached hydrogens (tertiary/aromatic N) is 2. The molecule has 0 saturated heterocycles. The van der Waals surface area contributed by atoms with E-state index >= 15 is 0 Å². The first-order chi connectivity index (χ1) is 14.3. The summed E-state index contributed by atoms with van der Waals surface area (Å²) in [5.74, 6) is 1.04. The topological polar surface area (TPSA) is 25.4 Å². The fraction of sp³-hybridized carbons (Fsp3) is 0.346. The van der Waals surface area contributed by atoms with Gasteiger partial charge in [0.15, 0.2) is 0 Å². The standard InChI is InChI=1S/C26H30N2O/c1-21-11-12-26-24(16-21)18-22-8-7-9-23(17-22)19-28(14-5-2-6-15-29-26)20-25-10-3-4-13-27-25/h3-4,7-13,16-17H,2,5-6,14-15,18-20H2,1H3. The molecule has 0 amide bonds. The van der Waals surface area contributed by atoms with Crippen molar-refractivity contribution in [2.45, 2.75) is 45.7 Å². The molecule has 1 aliphatic rings. The van der Waals surface area contributed by atoms with Crippen LogP contribution in [0.15, 0.2) is 66.9 Å². The lowest BCUT2D eigenvalue weighted by Gasteiger charge is -2.23. The van der Waals surface area contributed by atoms with E-state index in [1.54, 1.807) is 0 Å². The second kappa shape index (κ2) is 9.71. The predicted octanol–water partition coefficient (Wildman–Crippen LogP) is 5.55. The maximum absolute atomic E-state index is 6.16. The molecule has 3 heteroatoms. The SMILES string of the molecule is Cc1ccc2c(c1)Cc1cccc(c1)CN(Cc1ccccn1)CCCCCO2. The van der Waals surface area contributed by atoms with E-state index in [0.717, 1.165) is 50.5 Å². The van der Waals surface area contributed by atoms with Crippen molar-refractivity contribution >= 4 is 0 Å². The molecule has 0 atom stereocenters. The van der Waals surface area contributed by atoms with E-state index in [1.807, 2.05) is 12.3 Å². The van der Waals surface area contributed by atoms with Gasteiger partial charge in [-0.3, -0.25) is 9.88 Å². The van der Waals surface area contributed by atoms with Gasteiger partial charge in [0.1, 0.15) is 5.75 Å². The van der Waals surface area contributed by atoms with Gasteiger partial charge in [-0.15, -0.1) is 0 Å². The van der Waals surface area contributed by atoms with Crippen LogP contribution in [-0.4, -0.2) is 23.0 Å². The average Bonchev–Trinajstić information content (AvgIpc) is 2.72. The number of ether oxygens (including phenoxy) is 1. The molecule has 0 saturated carbocycles. The largest absolute Gasteiger partial charge is 0.493 e. The Labute approximate surface area is 174 Å². The Morgan fingerprint density at radius 1 is 0.931 bits per heavy atom. The van der Waals surface area contributed by atoms with Crippen LogP contribution in [0.2, 0.25) is 0 Å². The molecule has 3 aromatic rings. The van der Waals surface area contributed by atoms with Gasteiger partial charge in [-0.25, -0.2) is 0 Å². The van der Waals surface area contributed by atoms with E-state index < -0.39 is 0 Å². The zero-order valence-electron chi connectivity index (χ0n) is 17.3. The smallest absolute Gasteiger partial charge is 0.122 e. The molecule has 0 radical (unpaired) electrons. The van der Waals surface area contributed by atoms with Crippen LogP contribution < -0.4 is 4.74 Å². The van der Waals surface area contributed by atoms with Crippen molar-refractivity contribution in [3.05, 3.63) is 94.8 Å². The van der Waals surface area contributed by atoms with E-state index in [4.69, 9.17) is 4.74 Å². The van der Waals surface area contributed by atoms with Crippen LogP contribution in [0.1, 0.15) is 47.2 Å². The van der Waals surface area contributed by atoms with Crippen molar-refractivity contribution in [1.82, 2.24) is 9.88 Å². The van der Waals surface area contributed by atoms with Crippen LogP contribution in [0.4, 0.5) is 0 Å². The number of fused-ring (bicyclic) bond motifs is 3. The minimum atomic E-state index is 0.788. The van der Waals surface area contributed by atoms with Gasteiger partial charge in [0.25, 0.3) is 0 Å². The number of pyridine rings is 1. The highest BCUT2D eigenvalue weighted by molar-refractivity contribution is 5.41. The minimum absolute atomic E-state index is 0.788. The Balaban J connectivity index is 1.58. The Bertz CT molecular complexity index is 923.